The van der Waals surface area contributed by atoms with Crippen LogP contribution in [0.3, 0.4) is 0 Å². The van der Waals surface area contributed by atoms with Gasteiger partial charge in [0.25, 0.3) is 0 Å². The predicted octanol–water partition coefficient (Wildman–Crippen LogP) is 6.15. The van der Waals surface area contributed by atoms with Crippen molar-refractivity contribution in [3.05, 3.63) is 52.8 Å². The minimum absolute atomic E-state index is 0.00444. The molecule has 3 aliphatic heterocycles. The summed E-state index contributed by atoms with van der Waals surface area (Å²) in [7, 11) is 1.57. The van der Waals surface area contributed by atoms with Gasteiger partial charge in [-0.1, -0.05) is 17.7 Å². The predicted molar refractivity (Wildman–Crippen MR) is 187 cm³/mol. The third kappa shape index (κ3) is 5.38. The number of rotatable bonds is 6. The molecule has 0 radical (unpaired) electrons. The number of halogens is 5. The number of fused-ring (bicyclic) bond motifs is 3. The summed E-state index contributed by atoms with van der Waals surface area (Å²) in [6.45, 7) is 3.39. The molecule has 2 aromatic carbocycles. The van der Waals surface area contributed by atoms with Gasteiger partial charge in [0, 0.05) is 48.9 Å². The monoisotopic (exact) mass is 754 g/mol. The molecule has 3 saturated heterocycles. The highest BCUT2D eigenvalue weighted by molar-refractivity contribution is 7.23. The number of amides is 1. The highest BCUT2D eigenvalue weighted by Crippen LogP contribution is 2.46. The van der Waals surface area contributed by atoms with Gasteiger partial charge in [-0.15, -0.1) is 16.4 Å². The van der Waals surface area contributed by atoms with Crippen molar-refractivity contribution in [1.29, 1.82) is 5.26 Å². The minimum Gasteiger partial charge on any atom is -0.461 e. The molecule has 3 aliphatic rings. The average Bonchev–Trinajstić information content (AvgIpc) is 3.93. The zero-order chi connectivity index (χ0) is 36.6. The van der Waals surface area contributed by atoms with Crippen molar-refractivity contribution in [3.63, 3.8) is 0 Å². The number of thiophene rings is 1. The van der Waals surface area contributed by atoms with E-state index in [4.69, 9.17) is 27.1 Å². The number of hydrogen-bond acceptors (Lipinski definition) is 11. The molecule has 52 heavy (non-hydrogen) atoms. The maximum absolute atomic E-state index is 17.1. The first kappa shape index (κ1) is 34.3. The van der Waals surface area contributed by atoms with Gasteiger partial charge in [-0.25, -0.2) is 18.0 Å². The fourth-order valence-electron chi connectivity index (χ4n) is 8.23. The molecule has 3 aromatic heterocycles. The number of carbonyl (C=O) groups excluding carboxylic acids is 1. The number of ether oxygens (including phenoxy) is 1. The fourth-order valence-corrected chi connectivity index (χ4v) is 9.47. The van der Waals surface area contributed by atoms with E-state index in [0.717, 1.165) is 41.7 Å². The number of benzene rings is 2. The van der Waals surface area contributed by atoms with E-state index in [0.29, 0.717) is 25.9 Å². The molecule has 5 aromatic rings. The molecule has 2 N–H and O–H groups in total. The number of alkyl halides is 1. The normalized spacial score (nSPS) is 23.1. The Kier molecular flexibility index (Phi) is 8.38. The van der Waals surface area contributed by atoms with E-state index in [2.05, 4.69) is 20.0 Å². The van der Waals surface area contributed by atoms with Gasteiger partial charge in [0.15, 0.2) is 5.82 Å². The standard InChI is InChI=1S/C34H31ClF4N10O2S/c1-16-23(46(2)33(50)49-15-42-31(39)45-49)6-9-48(16)30-19-10-21(35)25(18-4-5-22(37)28-24(18)20(12-40)29(41)52-28)26(38)27(19)43-32(44-30)51-14-34-7-3-8-47(34)13-17(36)11-34/h4-5,10,15-17,23H,3,6-9,11,13-14,41H2,1-2H3/t16-,17-,23-,34+/m1/s1. The molecule has 12 nitrogen and oxygen atoms in total. The Morgan fingerprint density at radius 3 is 2.83 bits per heavy atom. The molecule has 3 fully saturated rings. The van der Waals surface area contributed by atoms with Gasteiger partial charge >= 0.3 is 18.1 Å². The van der Waals surface area contributed by atoms with E-state index in [1.54, 1.807) is 7.05 Å². The lowest BCUT2D eigenvalue weighted by Crippen LogP contribution is -2.46. The van der Waals surface area contributed by atoms with Gasteiger partial charge in [0.05, 0.1) is 26.9 Å². The Bertz CT molecular complexity index is 2320. The van der Waals surface area contributed by atoms with Gasteiger partial charge in [0.1, 0.15) is 47.3 Å². The van der Waals surface area contributed by atoms with Crippen LogP contribution in [0, 0.1) is 29.0 Å². The molecule has 0 bridgehead atoms. The lowest BCUT2D eigenvalue weighted by Gasteiger charge is -2.32. The number of nitrogens with zero attached hydrogens (tertiary/aromatic N) is 9. The van der Waals surface area contributed by atoms with Gasteiger partial charge in [-0.05, 0) is 50.4 Å². The number of nitriles is 1. The summed E-state index contributed by atoms with van der Waals surface area (Å²) in [4.78, 5) is 31.3. The van der Waals surface area contributed by atoms with Crippen molar-refractivity contribution in [2.24, 2.45) is 0 Å². The van der Waals surface area contributed by atoms with Gasteiger partial charge in [-0.3, -0.25) is 4.90 Å². The highest BCUT2D eigenvalue weighted by atomic mass is 35.5. The van der Waals surface area contributed by atoms with Crippen molar-refractivity contribution in [2.45, 2.75) is 56.4 Å². The Morgan fingerprint density at radius 1 is 1.27 bits per heavy atom. The van der Waals surface area contributed by atoms with E-state index < -0.39 is 47.5 Å². The number of anilines is 2. The zero-order valence-electron chi connectivity index (χ0n) is 27.9. The second kappa shape index (κ2) is 12.7. The van der Waals surface area contributed by atoms with E-state index in [9.17, 15) is 23.2 Å². The summed E-state index contributed by atoms with van der Waals surface area (Å²) in [6.07, 6.45) is 1.36. The van der Waals surface area contributed by atoms with Crippen molar-refractivity contribution in [2.75, 3.05) is 43.9 Å². The van der Waals surface area contributed by atoms with Crippen LogP contribution < -0.4 is 15.4 Å². The third-order valence-electron chi connectivity index (χ3n) is 10.7. The lowest BCUT2D eigenvalue weighted by atomic mass is 9.95. The largest absolute Gasteiger partial charge is 0.461 e. The summed E-state index contributed by atoms with van der Waals surface area (Å²) in [6, 6.07) is 4.50. The smallest absolute Gasteiger partial charge is 0.346 e. The van der Waals surface area contributed by atoms with E-state index in [-0.39, 0.29) is 66.1 Å². The lowest BCUT2D eigenvalue weighted by molar-refractivity contribution is 0.107. The number of nitrogens with two attached hydrogens (primary N) is 1. The average molecular weight is 755 g/mol. The van der Waals surface area contributed by atoms with Crippen molar-refractivity contribution >= 4 is 60.8 Å². The van der Waals surface area contributed by atoms with Gasteiger partial charge in [0.2, 0.25) is 0 Å². The van der Waals surface area contributed by atoms with Crippen LogP contribution in [0.4, 0.5) is 33.2 Å². The van der Waals surface area contributed by atoms with Crippen LogP contribution >= 0.6 is 22.9 Å². The second-order valence-corrected chi connectivity index (χ2v) is 15.0. The third-order valence-corrected chi connectivity index (χ3v) is 12.0. The van der Waals surface area contributed by atoms with Crippen molar-refractivity contribution in [1.82, 2.24) is 34.5 Å². The molecule has 0 spiro atoms. The molecule has 4 atom stereocenters. The molecule has 8 rings (SSSR count). The number of nitrogen functional groups attached to an aromatic ring is 1. The number of hydrogen-bond donors (Lipinski definition) is 1. The number of aromatic nitrogens is 5. The summed E-state index contributed by atoms with van der Waals surface area (Å²) in [5.74, 6) is -1.19. The SMILES string of the molecule is C[C@@H]1[C@H](N(C)C(=O)n2cnc(F)n2)CCN1c1nc(OC[C@@]23CCCN2C[C@H](F)C3)nc2c(F)c(-c3ccc(F)c4sc(N)c(C#N)c34)c(Cl)cc12. The zero-order valence-corrected chi connectivity index (χ0v) is 29.5. The Hall–Kier alpha value is -4.79. The van der Waals surface area contributed by atoms with Crippen LogP contribution in [-0.4, -0.2) is 97.6 Å². The first-order valence-electron chi connectivity index (χ1n) is 16.6. The van der Waals surface area contributed by atoms with Gasteiger partial charge < -0.3 is 20.3 Å². The first-order chi connectivity index (χ1) is 24.9. The summed E-state index contributed by atoms with van der Waals surface area (Å²) in [5, 5.41) is 13.8. The van der Waals surface area contributed by atoms with Crippen LogP contribution in [0.15, 0.2) is 24.5 Å². The van der Waals surface area contributed by atoms with Crippen LogP contribution in [0.2, 0.25) is 5.02 Å². The summed E-state index contributed by atoms with van der Waals surface area (Å²) < 4.78 is 67.3. The molecule has 1 amide bonds. The first-order valence-corrected chi connectivity index (χ1v) is 17.8. The molecule has 270 valence electrons. The molecule has 6 heterocycles. The maximum atomic E-state index is 17.1. The van der Waals surface area contributed by atoms with E-state index in [1.165, 1.54) is 23.1 Å². The molecule has 0 unspecified atom stereocenters. The quantitative estimate of drug-likeness (QED) is 0.201. The number of likely N-dealkylation sites (N-methyl/N-ethyl adjacent to an activating group) is 1. The highest BCUT2D eigenvalue weighted by Gasteiger charge is 2.49. The van der Waals surface area contributed by atoms with Crippen molar-refractivity contribution in [3.8, 4) is 23.2 Å². The summed E-state index contributed by atoms with van der Waals surface area (Å²) in [5.41, 5.74) is 5.44. The van der Waals surface area contributed by atoms with Crippen molar-refractivity contribution < 1.29 is 27.1 Å². The second-order valence-electron chi connectivity index (χ2n) is 13.5. The Morgan fingerprint density at radius 2 is 2.08 bits per heavy atom. The molecule has 0 saturated carbocycles. The topological polar surface area (TPSA) is 142 Å². The van der Waals surface area contributed by atoms with E-state index in [1.807, 2.05) is 17.9 Å². The molecular formula is C34H31ClF4N10O2S. The fraction of sp³-hybridized carbons (Fsp3) is 0.412. The van der Waals surface area contributed by atoms with Crippen LogP contribution in [0.1, 0.15) is 38.2 Å². The Labute approximate surface area is 303 Å². The Balaban J connectivity index is 1.24. The van der Waals surface area contributed by atoms with Crippen LogP contribution in [0.25, 0.3) is 32.1 Å². The number of carbonyl (C=O) groups is 1. The molecule has 18 heteroatoms. The summed E-state index contributed by atoms with van der Waals surface area (Å²) >= 11 is 7.74. The van der Waals surface area contributed by atoms with Gasteiger partial charge in [-0.2, -0.15) is 29.3 Å². The van der Waals surface area contributed by atoms with Crippen LogP contribution in [-0.2, 0) is 0 Å². The minimum atomic E-state index is -1.03. The molecular weight excluding hydrogens is 724 g/mol. The molecule has 0 aliphatic carbocycles. The maximum Gasteiger partial charge on any atom is 0.346 e. The van der Waals surface area contributed by atoms with E-state index >= 15 is 4.39 Å². The van der Waals surface area contributed by atoms with Crippen LogP contribution in [0.5, 0.6) is 6.01 Å².